The lowest BCUT2D eigenvalue weighted by molar-refractivity contribution is 0.354. The first-order chi connectivity index (χ1) is 10.9. The molecule has 1 N–H and O–H groups in total. The summed E-state index contributed by atoms with van der Waals surface area (Å²) in [6.07, 6.45) is 3.01. The number of rotatable bonds is 4. The molecule has 0 spiro atoms. The van der Waals surface area contributed by atoms with Gasteiger partial charge in [-0.25, -0.2) is 9.37 Å². The zero-order chi connectivity index (χ0) is 16.6. The number of halogens is 1. The Bertz CT molecular complexity index is 803. The quantitative estimate of drug-likeness (QED) is 0.929. The van der Waals surface area contributed by atoms with Crippen LogP contribution in [-0.2, 0) is 10.2 Å². The summed E-state index contributed by atoms with van der Waals surface area (Å²) in [5.74, 6) is 0.207. The Morgan fingerprint density at radius 3 is 2.78 bits per heavy atom. The summed E-state index contributed by atoms with van der Waals surface area (Å²) in [5, 5.41) is 0. The van der Waals surface area contributed by atoms with Gasteiger partial charge in [-0.2, -0.15) is 17.0 Å². The van der Waals surface area contributed by atoms with Crippen molar-refractivity contribution in [3.8, 4) is 11.3 Å². The molecule has 0 bridgehead atoms. The molecule has 124 valence electrons. The minimum absolute atomic E-state index is 0.341. The van der Waals surface area contributed by atoms with Gasteiger partial charge in [-0.3, -0.25) is 0 Å². The zero-order valence-electron chi connectivity index (χ0n) is 13.0. The van der Waals surface area contributed by atoms with E-state index in [1.165, 1.54) is 28.8 Å². The molecule has 2 heterocycles. The SMILES string of the molecule is CN(C)S(=O)(=O)N1CCC[C@H]1c1ncc(-c2ccccc2F)[nH]1. The standard InChI is InChI=1S/C15H19FN4O2S/c1-19(2)23(21,22)20-9-5-8-14(20)15-17-10-13(18-15)11-6-3-4-7-12(11)16/h3-4,6-7,10,14H,5,8-9H2,1-2H3,(H,17,18)/t14-/m0/s1. The molecule has 1 atom stereocenters. The van der Waals surface area contributed by atoms with E-state index >= 15 is 0 Å². The Kier molecular flexibility index (Phi) is 4.22. The van der Waals surface area contributed by atoms with E-state index in [9.17, 15) is 12.8 Å². The van der Waals surface area contributed by atoms with Crippen LogP contribution in [0.15, 0.2) is 30.5 Å². The fourth-order valence-corrected chi connectivity index (χ4v) is 4.13. The summed E-state index contributed by atoms with van der Waals surface area (Å²) in [5.41, 5.74) is 0.971. The Balaban J connectivity index is 1.93. The van der Waals surface area contributed by atoms with Crippen molar-refractivity contribution in [2.45, 2.75) is 18.9 Å². The number of aromatic amines is 1. The second kappa shape index (κ2) is 6.03. The largest absolute Gasteiger partial charge is 0.341 e. The van der Waals surface area contributed by atoms with E-state index in [0.29, 0.717) is 30.0 Å². The molecule has 23 heavy (non-hydrogen) atoms. The van der Waals surface area contributed by atoms with E-state index in [2.05, 4.69) is 9.97 Å². The van der Waals surface area contributed by atoms with E-state index in [4.69, 9.17) is 0 Å². The lowest BCUT2D eigenvalue weighted by atomic mass is 10.1. The molecule has 0 unspecified atom stereocenters. The molecule has 3 rings (SSSR count). The molecule has 2 aromatic rings. The molecular formula is C15H19FN4O2S. The molecule has 1 aliphatic rings. The van der Waals surface area contributed by atoms with Crippen LogP contribution in [0.2, 0.25) is 0 Å². The van der Waals surface area contributed by atoms with Gasteiger partial charge in [0.05, 0.1) is 17.9 Å². The smallest absolute Gasteiger partial charge is 0.282 e. The summed E-state index contributed by atoms with van der Waals surface area (Å²) >= 11 is 0. The summed E-state index contributed by atoms with van der Waals surface area (Å²) in [7, 11) is -0.482. The minimum Gasteiger partial charge on any atom is -0.341 e. The van der Waals surface area contributed by atoms with Crippen LogP contribution in [0.5, 0.6) is 0 Å². The molecule has 1 aliphatic heterocycles. The Morgan fingerprint density at radius 2 is 2.09 bits per heavy atom. The van der Waals surface area contributed by atoms with Crippen LogP contribution in [-0.4, -0.2) is 47.6 Å². The average molecular weight is 338 g/mol. The molecule has 0 amide bonds. The van der Waals surface area contributed by atoms with E-state index in [1.807, 2.05) is 0 Å². The first-order valence-electron chi connectivity index (χ1n) is 7.40. The monoisotopic (exact) mass is 338 g/mol. The summed E-state index contributed by atoms with van der Waals surface area (Å²) in [6, 6.07) is 6.07. The lowest BCUT2D eigenvalue weighted by Crippen LogP contribution is -2.39. The third-order valence-electron chi connectivity index (χ3n) is 4.04. The summed E-state index contributed by atoms with van der Waals surface area (Å²) in [6.45, 7) is 0.459. The van der Waals surface area contributed by atoms with Gasteiger partial charge in [-0.05, 0) is 25.0 Å². The highest BCUT2D eigenvalue weighted by Gasteiger charge is 2.38. The third kappa shape index (κ3) is 2.89. The molecule has 0 aliphatic carbocycles. The number of aromatic nitrogens is 2. The Labute approximate surface area is 135 Å². The molecule has 1 aromatic heterocycles. The van der Waals surface area contributed by atoms with Gasteiger partial charge < -0.3 is 4.98 Å². The predicted octanol–water partition coefficient (Wildman–Crippen LogP) is 2.16. The number of nitrogens with one attached hydrogen (secondary N) is 1. The topological polar surface area (TPSA) is 69.3 Å². The second-order valence-corrected chi connectivity index (χ2v) is 7.82. The maximum atomic E-state index is 13.9. The van der Waals surface area contributed by atoms with Crippen molar-refractivity contribution in [1.29, 1.82) is 0 Å². The number of benzene rings is 1. The van der Waals surface area contributed by atoms with Crippen molar-refractivity contribution < 1.29 is 12.8 Å². The fraction of sp³-hybridized carbons (Fsp3) is 0.400. The Morgan fingerprint density at radius 1 is 1.35 bits per heavy atom. The van der Waals surface area contributed by atoms with Crippen molar-refractivity contribution in [3.05, 3.63) is 42.1 Å². The van der Waals surface area contributed by atoms with Crippen LogP contribution >= 0.6 is 0 Å². The van der Waals surface area contributed by atoms with E-state index in [0.717, 1.165) is 6.42 Å². The van der Waals surface area contributed by atoms with Crippen molar-refractivity contribution in [2.75, 3.05) is 20.6 Å². The van der Waals surface area contributed by atoms with Crippen molar-refractivity contribution in [1.82, 2.24) is 18.6 Å². The molecule has 1 fully saturated rings. The van der Waals surface area contributed by atoms with Crippen molar-refractivity contribution in [2.24, 2.45) is 0 Å². The summed E-state index contributed by atoms with van der Waals surface area (Å²) < 4.78 is 41.3. The van der Waals surface area contributed by atoms with Gasteiger partial charge in [0.1, 0.15) is 11.6 Å². The molecular weight excluding hydrogens is 319 g/mol. The number of imidazole rings is 1. The number of hydrogen-bond donors (Lipinski definition) is 1. The highest BCUT2D eigenvalue weighted by molar-refractivity contribution is 7.86. The number of H-pyrrole nitrogens is 1. The van der Waals surface area contributed by atoms with E-state index < -0.39 is 10.2 Å². The first kappa shape index (κ1) is 16.1. The van der Waals surface area contributed by atoms with Gasteiger partial charge >= 0.3 is 0 Å². The van der Waals surface area contributed by atoms with Crippen LogP contribution in [0.25, 0.3) is 11.3 Å². The van der Waals surface area contributed by atoms with E-state index in [-0.39, 0.29) is 11.9 Å². The Hall–Kier alpha value is -1.77. The highest BCUT2D eigenvalue weighted by Crippen LogP contribution is 2.34. The fourth-order valence-electron chi connectivity index (χ4n) is 2.82. The molecule has 6 nitrogen and oxygen atoms in total. The normalized spacial score (nSPS) is 19.6. The van der Waals surface area contributed by atoms with Gasteiger partial charge in [-0.15, -0.1) is 0 Å². The van der Waals surface area contributed by atoms with Crippen molar-refractivity contribution in [3.63, 3.8) is 0 Å². The maximum absolute atomic E-state index is 13.9. The van der Waals surface area contributed by atoms with Gasteiger partial charge in [-0.1, -0.05) is 12.1 Å². The van der Waals surface area contributed by atoms with Gasteiger partial charge in [0, 0.05) is 26.2 Å². The molecule has 0 saturated carbocycles. The van der Waals surface area contributed by atoms with Gasteiger partial charge in [0.15, 0.2) is 0 Å². The second-order valence-electron chi connectivity index (χ2n) is 5.72. The third-order valence-corrected chi connectivity index (χ3v) is 5.99. The first-order valence-corrected chi connectivity index (χ1v) is 8.80. The minimum atomic E-state index is -3.50. The van der Waals surface area contributed by atoms with Crippen LogP contribution in [0.1, 0.15) is 24.7 Å². The zero-order valence-corrected chi connectivity index (χ0v) is 13.8. The predicted molar refractivity (Wildman–Crippen MR) is 85.3 cm³/mol. The van der Waals surface area contributed by atoms with Crippen LogP contribution in [0.3, 0.4) is 0 Å². The van der Waals surface area contributed by atoms with Crippen LogP contribution in [0.4, 0.5) is 4.39 Å². The van der Waals surface area contributed by atoms with Gasteiger partial charge in [0.25, 0.3) is 10.2 Å². The number of hydrogen-bond acceptors (Lipinski definition) is 3. The van der Waals surface area contributed by atoms with Crippen LogP contribution < -0.4 is 0 Å². The van der Waals surface area contributed by atoms with E-state index in [1.54, 1.807) is 24.4 Å². The maximum Gasteiger partial charge on any atom is 0.282 e. The van der Waals surface area contributed by atoms with Crippen LogP contribution in [0, 0.1) is 5.82 Å². The molecule has 8 heteroatoms. The molecule has 0 radical (unpaired) electrons. The number of nitrogens with zero attached hydrogens (tertiary/aromatic N) is 3. The lowest BCUT2D eigenvalue weighted by Gasteiger charge is -2.25. The average Bonchev–Trinajstić information content (AvgIpc) is 3.16. The summed E-state index contributed by atoms with van der Waals surface area (Å²) in [4.78, 5) is 7.37. The highest BCUT2D eigenvalue weighted by atomic mass is 32.2. The molecule has 1 aromatic carbocycles. The van der Waals surface area contributed by atoms with Gasteiger partial charge in [0.2, 0.25) is 0 Å². The van der Waals surface area contributed by atoms with Crippen molar-refractivity contribution >= 4 is 10.2 Å². The molecule has 1 saturated heterocycles.